The van der Waals surface area contributed by atoms with E-state index in [1.54, 1.807) is 11.3 Å². The largest absolute Gasteiger partial charge is 0.350 e. The van der Waals surface area contributed by atoms with Gasteiger partial charge in [-0.05, 0) is 12.5 Å². The molecule has 0 aliphatic rings. The Labute approximate surface area is 105 Å². The molecular formula is C13H16N2OS. The van der Waals surface area contributed by atoms with E-state index in [1.807, 2.05) is 36.6 Å². The minimum absolute atomic E-state index is 0.0313. The van der Waals surface area contributed by atoms with Gasteiger partial charge in [0.25, 0.3) is 5.91 Å². The van der Waals surface area contributed by atoms with Gasteiger partial charge in [-0.2, -0.15) is 0 Å². The van der Waals surface area contributed by atoms with Gasteiger partial charge in [-0.3, -0.25) is 4.79 Å². The summed E-state index contributed by atoms with van der Waals surface area (Å²) in [5.41, 5.74) is 6.52. The van der Waals surface area contributed by atoms with Gasteiger partial charge in [-0.25, -0.2) is 0 Å². The first-order valence-electron chi connectivity index (χ1n) is 5.72. The van der Waals surface area contributed by atoms with Crippen LogP contribution in [0.1, 0.15) is 23.7 Å². The van der Waals surface area contributed by atoms with E-state index in [-0.39, 0.29) is 11.9 Å². The summed E-state index contributed by atoms with van der Waals surface area (Å²) >= 11 is 1.59. The maximum absolute atomic E-state index is 12.0. The van der Waals surface area contributed by atoms with Gasteiger partial charge in [0.05, 0.1) is 5.56 Å². The lowest BCUT2D eigenvalue weighted by molar-refractivity contribution is 0.0953. The van der Waals surface area contributed by atoms with Crippen LogP contribution < -0.4 is 11.1 Å². The molecule has 0 bridgehead atoms. The van der Waals surface area contributed by atoms with Crippen LogP contribution in [0.2, 0.25) is 0 Å². The molecule has 17 heavy (non-hydrogen) atoms. The Balaban J connectivity index is 2.14. The van der Waals surface area contributed by atoms with Crippen molar-refractivity contribution < 1.29 is 4.79 Å². The van der Waals surface area contributed by atoms with Gasteiger partial charge < -0.3 is 11.1 Å². The molecule has 3 nitrogen and oxygen atoms in total. The fraction of sp³-hybridized carbons (Fsp3) is 0.308. The Kier molecular flexibility index (Phi) is 3.76. The van der Waals surface area contributed by atoms with Crippen molar-refractivity contribution in [1.82, 2.24) is 5.32 Å². The Morgan fingerprint density at radius 2 is 2.24 bits per heavy atom. The van der Waals surface area contributed by atoms with E-state index in [4.69, 9.17) is 5.73 Å². The smallest absolute Gasteiger partial charge is 0.252 e. The van der Waals surface area contributed by atoms with Crippen LogP contribution in [0.4, 0.5) is 0 Å². The molecule has 0 radical (unpaired) electrons. The van der Waals surface area contributed by atoms with Crippen molar-refractivity contribution in [3.05, 3.63) is 35.2 Å². The molecule has 0 aliphatic heterocycles. The second-order valence-electron chi connectivity index (χ2n) is 4.02. The summed E-state index contributed by atoms with van der Waals surface area (Å²) in [6.45, 7) is 2.54. The van der Waals surface area contributed by atoms with Crippen LogP contribution in [0, 0.1) is 0 Å². The van der Waals surface area contributed by atoms with Crippen LogP contribution >= 0.6 is 11.3 Å². The van der Waals surface area contributed by atoms with Crippen LogP contribution in [-0.2, 0) is 0 Å². The van der Waals surface area contributed by atoms with Crippen molar-refractivity contribution in [3.63, 3.8) is 0 Å². The molecule has 1 atom stereocenters. The summed E-state index contributed by atoms with van der Waals surface area (Å²) in [5, 5.41) is 5.78. The lowest BCUT2D eigenvalue weighted by Gasteiger charge is -2.09. The number of nitrogens with one attached hydrogen (secondary N) is 1. The third-order valence-corrected chi connectivity index (χ3v) is 3.74. The first kappa shape index (κ1) is 12.1. The highest BCUT2D eigenvalue weighted by molar-refractivity contribution is 7.17. The van der Waals surface area contributed by atoms with Gasteiger partial charge in [-0.1, -0.05) is 25.1 Å². The molecule has 1 unspecified atom stereocenters. The second kappa shape index (κ2) is 5.29. The van der Waals surface area contributed by atoms with Gasteiger partial charge in [0.15, 0.2) is 0 Å². The molecule has 4 heteroatoms. The third-order valence-electron chi connectivity index (χ3n) is 2.77. The summed E-state index contributed by atoms with van der Waals surface area (Å²) in [6, 6.07) is 7.95. The summed E-state index contributed by atoms with van der Waals surface area (Å²) in [5.74, 6) is -0.0358. The molecule has 1 aromatic carbocycles. The Bertz CT molecular complexity index is 521. The lowest BCUT2D eigenvalue weighted by atomic mass is 10.1. The highest BCUT2D eigenvalue weighted by Crippen LogP contribution is 2.25. The zero-order chi connectivity index (χ0) is 12.3. The predicted molar refractivity (Wildman–Crippen MR) is 72.4 cm³/mol. The number of hydrogen-bond donors (Lipinski definition) is 2. The molecule has 0 fully saturated rings. The summed E-state index contributed by atoms with van der Waals surface area (Å²) in [6.07, 6.45) is 0.866. The average molecular weight is 248 g/mol. The average Bonchev–Trinajstić information content (AvgIpc) is 2.79. The van der Waals surface area contributed by atoms with E-state index in [1.165, 1.54) is 0 Å². The van der Waals surface area contributed by atoms with Gasteiger partial charge in [0.2, 0.25) is 0 Å². The van der Waals surface area contributed by atoms with E-state index in [0.29, 0.717) is 6.54 Å². The maximum atomic E-state index is 12.0. The molecule has 0 saturated carbocycles. The molecular weight excluding hydrogens is 232 g/mol. The minimum atomic E-state index is -0.0358. The fourth-order valence-corrected chi connectivity index (χ4v) is 2.56. The van der Waals surface area contributed by atoms with Crippen molar-refractivity contribution in [3.8, 4) is 0 Å². The van der Waals surface area contributed by atoms with Crippen LogP contribution in [0.25, 0.3) is 10.1 Å². The second-order valence-corrected chi connectivity index (χ2v) is 4.94. The molecule has 0 aliphatic carbocycles. The number of carbonyl (C=O) groups excluding carboxylic acids is 1. The summed E-state index contributed by atoms with van der Waals surface area (Å²) in [4.78, 5) is 12.0. The molecule has 3 N–H and O–H groups in total. The molecule has 1 amide bonds. The monoisotopic (exact) mass is 248 g/mol. The third kappa shape index (κ3) is 2.65. The highest BCUT2D eigenvalue weighted by atomic mass is 32.1. The number of benzene rings is 1. The van der Waals surface area contributed by atoms with Crippen molar-refractivity contribution in [1.29, 1.82) is 0 Å². The van der Waals surface area contributed by atoms with Crippen LogP contribution in [0.5, 0.6) is 0 Å². The maximum Gasteiger partial charge on any atom is 0.252 e. The number of fused-ring (bicyclic) bond motifs is 1. The first-order valence-corrected chi connectivity index (χ1v) is 6.60. The lowest BCUT2D eigenvalue weighted by Crippen LogP contribution is -2.36. The van der Waals surface area contributed by atoms with E-state index in [9.17, 15) is 4.79 Å². The van der Waals surface area contributed by atoms with E-state index >= 15 is 0 Å². The molecule has 2 rings (SSSR count). The Hall–Kier alpha value is -1.39. The minimum Gasteiger partial charge on any atom is -0.350 e. The van der Waals surface area contributed by atoms with Gasteiger partial charge in [0, 0.05) is 28.1 Å². The van der Waals surface area contributed by atoms with Crippen molar-refractivity contribution in [2.45, 2.75) is 19.4 Å². The Morgan fingerprint density at radius 1 is 1.47 bits per heavy atom. The van der Waals surface area contributed by atoms with E-state index in [2.05, 4.69) is 5.32 Å². The molecule has 1 aromatic heterocycles. The van der Waals surface area contributed by atoms with Crippen LogP contribution in [0.15, 0.2) is 29.6 Å². The summed E-state index contributed by atoms with van der Waals surface area (Å²) < 4.78 is 1.14. The van der Waals surface area contributed by atoms with E-state index in [0.717, 1.165) is 22.1 Å². The number of nitrogens with two attached hydrogens (primary N) is 1. The fourth-order valence-electron chi connectivity index (χ4n) is 1.62. The first-order chi connectivity index (χ1) is 8.22. The number of thiophene rings is 1. The van der Waals surface area contributed by atoms with Crippen LogP contribution in [-0.4, -0.2) is 18.5 Å². The number of hydrogen-bond acceptors (Lipinski definition) is 3. The molecule has 90 valence electrons. The van der Waals surface area contributed by atoms with Gasteiger partial charge in [-0.15, -0.1) is 11.3 Å². The normalized spacial score (nSPS) is 12.6. The van der Waals surface area contributed by atoms with Gasteiger partial charge in [0.1, 0.15) is 0 Å². The Morgan fingerprint density at radius 3 is 3.00 bits per heavy atom. The molecule has 0 saturated heterocycles. The molecule has 2 aromatic rings. The molecule has 0 spiro atoms. The predicted octanol–water partition coefficient (Wildman–Crippen LogP) is 2.37. The van der Waals surface area contributed by atoms with Crippen LogP contribution in [0.3, 0.4) is 0 Å². The highest BCUT2D eigenvalue weighted by Gasteiger charge is 2.12. The molecule has 1 heterocycles. The topological polar surface area (TPSA) is 55.1 Å². The zero-order valence-electron chi connectivity index (χ0n) is 9.77. The number of amides is 1. The van der Waals surface area contributed by atoms with Gasteiger partial charge >= 0.3 is 0 Å². The van der Waals surface area contributed by atoms with Crippen molar-refractivity contribution >= 4 is 27.3 Å². The number of carbonyl (C=O) groups is 1. The van der Waals surface area contributed by atoms with Crippen molar-refractivity contribution in [2.24, 2.45) is 5.73 Å². The quantitative estimate of drug-likeness (QED) is 0.872. The number of rotatable bonds is 4. The zero-order valence-corrected chi connectivity index (χ0v) is 10.6. The standard InChI is InChI=1S/C13H16N2OS/c1-2-9(14)7-15-13(16)11-8-17-12-6-4-3-5-10(11)12/h3-6,8-9H,2,7,14H2,1H3,(H,15,16). The summed E-state index contributed by atoms with van der Waals surface area (Å²) in [7, 11) is 0. The van der Waals surface area contributed by atoms with Crippen molar-refractivity contribution in [2.75, 3.05) is 6.54 Å². The SMILES string of the molecule is CCC(N)CNC(=O)c1csc2ccccc12. The van der Waals surface area contributed by atoms with E-state index < -0.39 is 0 Å².